The maximum absolute atomic E-state index is 11.9. The Hall–Kier alpha value is -2.33. The minimum Gasteiger partial charge on any atom is -0.410 e. The Balaban J connectivity index is 1.73. The van der Waals surface area contributed by atoms with Gasteiger partial charge in [0.2, 0.25) is 0 Å². The zero-order valence-corrected chi connectivity index (χ0v) is 11.3. The van der Waals surface area contributed by atoms with Gasteiger partial charge in [0.25, 0.3) is 0 Å². The molecule has 4 heteroatoms. The topological polar surface area (TPSA) is 41.6 Å². The Morgan fingerprint density at radius 1 is 1.10 bits per heavy atom. The van der Waals surface area contributed by atoms with Gasteiger partial charge in [0.1, 0.15) is 5.75 Å². The van der Waals surface area contributed by atoms with Crippen LogP contribution < -0.4 is 10.1 Å². The fourth-order valence-electron chi connectivity index (χ4n) is 2.43. The summed E-state index contributed by atoms with van der Waals surface area (Å²) in [7, 11) is 2.06. The lowest BCUT2D eigenvalue weighted by Gasteiger charge is -2.10. The number of nitrogens with zero attached hydrogens (tertiary/aromatic N) is 1. The van der Waals surface area contributed by atoms with Crippen LogP contribution in [0.25, 0.3) is 0 Å². The molecule has 3 rings (SSSR count). The Bertz CT molecular complexity index is 626. The highest BCUT2D eigenvalue weighted by Crippen LogP contribution is 2.28. The molecule has 0 spiro atoms. The molecule has 0 fully saturated rings. The zero-order chi connectivity index (χ0) is 13.9. The second kappa shape index (κ2) is 5.35. The number of para-hydroxylation sites is 1. The first-order valence-corrected chi connectivity index (χ1v) is 6.55. The first kappa shape index (κ1) is 12.7. The number of benzene rings is 2. The first-order valence-electron chi connectivity index (χ1n) is 6.55. The maximum Gasteiger partial charge on any atom is 0.417 e. The molecule has 4 nitrogen and oxygen atoms in total. The van der Waals surface area contributed by atoms with Crippen molar-refractivity contribution in [3.63, 3.8) is 0 Å². The van der Waals surface area contributed by atoms with Crippen molar-refractivity contribution in [3.8, 4) is 5.75 Å². The molecule has 1 aliphatic rings. The minimum absolute atomic E-state index is 0.459. The van der Waals surface area contributed by atoms with Crippen LogP contribution >= 0.6 is 0 Å². The SMILES string of the molecule is CN1Cc2cccc(NC(=O)Oc3ccccc3)c2C1. The minimum atomic E-state index is -0.459. The highest BCUT2D eigenvalue weighted by molar-refractivity contribution is 5.87. The molecular weight excluding hydrogens is 252 g/mol. The molecule has 1 amide bonds. The van der Waals surface area contributed by atoms with Crippen LogP contribution in [0, 0.1) is 0 Å². The molecule has 2 aromatic rings. The molecule has 1 N–H and O–H groups in total. The third kappa shape index (κ3) is 2.65. The molecular formula is C16H16N2O2. The Labute approximate surface area is 118 Å². The van der Waals surface area contributed by atoms with E-state index < -0.39 is 6.09 Å². The van der Waals surface area contributed by atoms with Crippen LogP contribution in [0.15, 0.2) is 48.5 Å². The largest absolute Gasteiger partial charge is 0.417 e. The van der Waals surface area contributed by atoms with E-state index in [1.807, 2.05) is 30.3 Å². The maximum atomic E-state index is 11.9. The number of carbonyl (C=O) groups is 1. The lowest BCUT2D eigenvalue weighted by molar-refractivity contribution is 0.215. The Kier molecular flexibility index (Phi) is 3.39. The summed E-state index contributed by atoms with van der Waals surface area (Å²) in [5.74, 6) is 0.537. The van der Waals surface area contributed by atoms with Crippen LogP contribution in [0.1, 0.15) is 11.1 Å². The number of nitrogens with one attached hydrogen (secondary N) is 1. The van der Waals surface area contributed by atoms with Crippen molar-refractivity contribution in [2.24, 2.45) is 0 Å². The normalized spacial score (nSPS) is 13.8. The van der Waals surface area contributed by atoms with E-state index in [1.54, 1.807) is 12.1 Å². The lowest BCUT2D eigenvalue weighted by Crippen LogP contribution is -2.18. The van der Waals surface area contributed by atoms with Gasteiger partial charge in [-0.3, -0.25) is 10.2 Å². The van der Waals surface area contributed by atoms with Crippen molar-refractivity contribution in [2.75, 3.05) is 12.4 Å². The van der Waals surface area contributed by atoms with E-state index in [1.165, 1.54) is 11.1 Å². The van der Waals surface area contributed by atoms with Crippen molar-refractivity contribution in [1.29, 1.82) is 0 Å². The van der Waals surface area contributed by atoms with E-state index in [-0.39, 0.29) is 0 Å². The van der Waals surface area contributed by atoms with Crippen molar-refractivity contribution in [3.05, 3.63) is 59.7 Å². The quantitative estimate of drug-likeness (QED) is 0.909. The molecule has 0 aromatic heterocycles. The predicted octanol–water partition coefficient (Wildman–Crippen LogP) is 3.24. The van der Waals surface area contributed by atoms with E-state index in [2.05, 4.69) is 23.3 Å². The van der Waals surface area contributed by atoms with Gasteiger partial charge in [-0.15, -0.1) is 0 Å². The molecule has 20 heavy (non-hydrogen) atoms. The average Bonchev–Trinajstić information content (AvgIpc) is 2.81. The number of rotatable bonds is 2. The van der Waals surface area contributed by atoms with Crippen molar-refractivity contribution >= 4 is 11.8 Å². The highest BCUT2D eigenvalue weighted by atomic mass is 16.6. The van der Waals surface area contributed by atoms with Crippen molar-refractivity contribution in [2.45, 2.75) is 13.1 Å². The summed E-state index contributed by atoms with van der Waals surface area (Å²) in [5.41, 5.74) is 3.25. The van der Waals surface area contributed by atoms with E-state index >= 15 is 0 Å². The van der Waals surface area contributed by atoms with E-state index in [0.29, 0.717) is 5.75 Å². The number of ether oxygens (including phenoxy) is 1. The molecule has 1 heterocycles. The van der Waals surface area contributed by atoms with Gasteiger partial charge in [-0.05, 0) is 36.4 Å². The molecule has 102 valence electrons. The monoisotopic (exact) mass is 268 g/mol. The third-order valence-electron chi connectivity index (χ3n) is 3.33. The Morgan fingerprint density at radius 3 is 2.70 bits per heavy atom. The zero-order valence-electron chi connectivity index (χ0n) is 11.3. The van der Waals surface area contributed by atoms with Crippen LogP contribution in [0.3, 0.4) is 0 Å². The molecule has 0 atom stereocenters. The van der Waals surface area contributed by atoms with Gasteiger partial charge < -0.3 is 4.74 Å². The van der Waals surface area contributed by atoms with E-state index in [4.69, 9.17) is 4.74 Å². The molecule has 2 aromatic carbocycles. The summed E-state index contributed by atoms with van der Waals surface area (Å²) < 4.78 is 5.24. The van der Waals surface area contributed by atoms with E-state index in [9.17, 15) is 4.79 Å². The summed E-state index contributed by atoms with van der Waals surface area (Å²) in [5, 5.41) is 2.82. The van der Waals surface area contributed by atoms with Crippen LogP contribution in [0.4, 0.5) is 10.5 Å². The number of hydrogen-bond donors (Lipinski definition) is 1. The fraction of sp³-hybridized carbons (Fsp3) is 0.188. The summed E-state index contributed by atoms with van der Waals surface area (Å²) in [6, 6.07) is 15.0. The second-order valence-electron chi connectivity index (χ2n) is 4.94. The average molecular weight is 268 g/mol. The molecule has 1 aliphatic heterocycles. The second-order valence-corrected chi connectivity index (χ2v) is 4.94. The smallest absolute Gasteiger partial charge is 0.410 e. The van der Waals surface area contributed by atoms with Gasteiger partial charge in [0.05, 0.1) is 0 Å². The third-order valence-corrected chi connectivity index (χ3v) is 3.33. The van der Waals surface area contributed by atoms with Crippen LogP contribution in [0.2, 0.25) is 0 Å². The Morgan fingerprint density at radius 2 is 1.90 bits per heavy atom. The molecule has 0 saturated carbocycles. The molecule has 0 radical (unpaired) electrons. The van der Waals surface area contributed by atoms with Gasteiger partial charge in [-0.1, -0.05) is 30.3 Å². The number of anilines is 1. The van der Waals surface area contributed by atoms with Crippen LogP contribution in [-0.4, -0.2) is 18.0 Å². The molecule has 0 unspecified atom stereocenters. The summed E-state index contributed by atoms with van der Waals surface area (Å²) in [4.78, 5) is 14.1. The van der Waals surface area contributed by atoms with Crippen molar-refractivity contribution in [1.82, 2.24) is 4.90 Å². The van der Waals surface area contributed by atoms with Crippen LogP contribution in [-0.2, 0) is 13.1 Å². The van der Waals surface area contributed by atoms with Crippen molar-refractivity contribution < 1.29 is 9.53 Å². The first-order chi connectivity index (χ1) is 9.72. The predicted molar refractivity (Wildman–Crippen MR) is 77.7 cm³/mol. The number of amides is 1. The lowest BCUT2D eigenvalue weighted by atomic mass is 10.1. The van der Waals surface area contributed by atoms with Gasteiger partial charge in [-0.25, -0.2) is 4.79 Å². The van der Waals surface area contributed by atoms with E-state index in [0.717, 1.165) is 18.8 Å². The number of carbonyl (C=O) groups excluding carboxylic acids is 1. The van der Waals surface area contributed by atoms with Gasteiger partial charge in [0.15, 0.2) is 0 Å². The molecule has 0 bridgehead atoms. The molecule has 0 aliphatic carbocycles. The van der Waals surface area contributed by atoms with Gasteiger partial charge in [-0.2, -0.15) is 0 Å². The number of fused-ring (bicyclic) bond motifs is 1. The highest BCUT2D eigenvalue weighted by Gasteiger charge is 2.19. The summed E-state index contributed by atoms with van der Waals surface area (Å²) in [6.07, 6.45) is -0.459. The van der Waals surface area contributed by atoms with Crippen LogP contribution in [0.5, 0.6) is 5.75 Å². The fourth-order valence-corrected chi connectivity index (χ4v) is 2.43. The standard InChI is InChI=1S/C16H16N2O2/c1-18-10-12-6-5-9-15(14(12)11-18)17-16(19)20-13-7-3-2-4-8-13/h2-9H,10-11H2,1H3,(H,17,19). The van der Waals surface area contributed by atoms with Gasteiger partial charge in [0, 0.05) is 18.8 Å². The number of hydrogen-bond acceptors (Lipinski definition) is 3. The molecule has 0 saturated heterocycles. The summed E-state index contributed by atoms with van der Waals surface area (Å²) in [6.45, 7) is 1.76. The summed E-state index contributed by atoms with van der Waals surface area (Å²) >= 11 is 0. The van der Waals surface area contributed by atoms with Gasteiger partial charge >= 0.3 is 6.09 Å².